The molecule has 0 atom stereocenters. The molecule has 134 valence electrons. The minimum atomic E-state index is -2.99. The highest BCUT2D eigenvalue weighted by molar-refractivity contribution is 5.96. The van der Waals surface area contributed by atoms with Crippen molar-refractivity contribution in [1.82, 2.24) is 10.3 Å². The van der Waals surface area contributed by atoms with Crippen LogP contribution in [0.5, 0.6) is 11.6 Å². The third-order valence-electron chi connectivity index (χ3n) is 3.37. The Bertz CT molecular complexity index is 696. The maximum Gasteiger partial charge on any atom is 0.387 e. The van der Waals surface area contributed by atoms with E-state index in [1.165, 1.54) is 18.2 Å². The number of benzene rings is 1. The number of nitrogens with zero attached hydrogens (tertiary/aromatic N) is 1. The highest BCUT2D eigenvalue weighted by Crippen LogP contribution is 2.21. The SMILES string of the molecule is CCCCOc1ncccc1CNC(=O)c1ccccc1OC(F)F. The number of ether oxygens (including phenoxy) is 2. The number of nitrogens with one attached hydrogen (secondary N) is 1. The van der Waals surface area contributed by atoms with Crippen LogP contribution in [0.1, 0.15) is 35.7 Å². The number of pyridine rings is 1. The summed E-state index contributed by atoms with van der Waals surface area (Å²) < 4.78 is 34.9. The zero-order valence-electron chi connectivity index (χ0n) is 13.9. The number of amides is 1. The van der Waals surface area contributed by atoms with Crippen LogP contribution >= 0.6 is 0 Å². The van der Waals surface area contributed by atoms with Crippen molar-refractivity contribution in [2.75, 3.05) is 6.61 Å². The predicted octanol–water partition coefficient (Wildman–Crippen LogP) is 3.79. The number of carbonyl (C=O) groups excluding carboxylic acids is 1. The Morgan fingerprint density at radius 2 is 2.04 bits per heavy atom. The van der Waals surface area contributed by atoms with Crippen molar-refractivity contribution in [1.29, 1.82) is 0 Å². The average molecular weight is 350 g/mol. The first-order chi connectivity index (χ1) is 12.1. The molecule has 0 bridgehead atoms. The summed E-state index contributed by atoms with van der Waals surface area (Å²) in [7, 11) is 0. The van der Waals surface area contributed by atoms with Gasteiger partial charge in [0.2, 0.25) is 5.88 Å². The molecule has 0 fully saturated rings. The monoisotopic (exact) mass is 350 g/mol. The summed E-state index contributed by atoms with van der Waals surface area (Å²) in [4.78, 5) is 16.5. The van der Waals surface area contributed by atoms with Crippen molar-refractivity contribution in [2.45, 2.75) is 32.9 Å². The summed E-state index contributed by atoms with van der Waals surface area (Å²) in [6.07, 6.45) is 3.51. The van der Waals surface area contributed by atoms with Gasteiger partial charge in [0.05, 0.1) is 12.2 Å². The van der Waals surface area contributed by atoms with Crippen LogP contribution in [0.15, 0.2) is 42.6 Å². The van der Waals surface area contributed by atoms with Gasteiger partial charge in [-0.15, -0.1) is 0 Å². The van der Waals surface area contributed by atoms with Gasteiger partial charge in [-0.1, -0.05) is 31.5 Å². The van der Waals surface area contributed by atoms with Crippen LogP contribution in [-0.2, 0) is 6.54 Å². The standard InChI is InChI=1S/C18H20F2N2O3/c1-2-3-11-24-17-13(7-6-10-21-17)12-22-16(23)14-8-4-5-9-15(14)25-18(19)20/h4-10,18H,2-3,11-12H2,1H3,(H,22,23). The Hall–Kier alpha value is -2.70. The van der Waals surface area contributed by atoms with Gasteiger partial charge < -0.3 is 14.8 Å². The number of alkyl halides is 2. The van der Waals surface area contributed by atoms with E-state index in [1.54, 1.807) is 24.4 Å². The van der Waals surface area contributed by atoms with Crippen molar-refractivity contribution in [3.05, 3.63) is 53.7 Å². The van der Waals surface area contributed by atoms with Gasteiger partial charge in [-0.3, -0.25) is 4.79 Å². The number of halogens is 2. The molecule has 1 amide bonds. The van der Waals surface area contributed by atoms with Crippen molar-refractivity contribution >= 4 is 5.91 Å². The molecule has 0 aliphatic heterocycles. The number of hydrogen-bond acceptors (Lipinski definition) is 4. The van der Waals surface area contributed by atoms with Crippen molar-refractivity contribution in [3.8, 4) is 11.6 Å². The van der Waals surface area contributed by atoms with Gasteiger partial charge in [-0.05, 0) is 24.6 Å². The minimum Gasteiger partial charge on any atom is -0.477 e. The van der Waals surface area contributed by atoms with E-state index < -0.39 is 12.5 Å². The lowest BCUT2D eigenvalue weighted by atomic mass is 10.2. The molecule has 1 heterocycles. The van der Waals surface area contributed by atoms with Gasteiger partial charge in [-0.2, -0.15) is 8.78 Å². The minimum absolute atomic E-state index is 0.0418. The molecule has 0 aliphatic rings. The molecular formula is C18H20F2N2O3. The molecular weight excluding hydrogens is 330 g/mol. The molecule has 1 aromatic carbocycles. The van der Waals surface area contributed by atoms with Crippen molar-refractivity contribution in [2.24, 2.45) is 0 Å². The Kier molecular flexibility index (Phi) is 7.13. The summed E-state index contributed by atoms with van der Waals surface area (Å²) in [6, 6.07) is 9.38. The predicted molar refractivity (Wildman–Crippen MR) is 88.9 cm³/mol. The molecule has 1 N–H and O–H groups in total. The van der Waals surface area contributed by atoms with E-state index in [0.717, 1.165) is 12.8 Å². The maximum atomic E-state index is 12.4. The van der Waals surface area contributed by atoms with E-state index in [2.05, 4.69) is 22.0 Å². The van der Waals surface area contributed by atoms with Gasteiger partial charge in [0, 0.05) is 18.3 Å². The first-order valence-electron chi connectivity index (χ1n) is 8.00. The Morgan fingerprint density at radius 3 is 2.80 bits per heavy atom. The van der Waals surface area contributed by atoms with E-state index in [4.69, 9.17) is 4.74 Å². The fraction of sp³-hybridized carbons (Fsp3) is 0.333. The van der Waals surface area contributed by atoms with Crippen LogP contribution < -0.4 is 14.8 Å². The molecule has 25 heavy (non-hydrogen) atoms. The first-order valence-corrected chi connectivity index (χ1v) is 8.00. The molecule has 1 aromatic heterocycles. The molecule has 0 spiro atoms. The second kappa shape index (κ2) is 9.56. The van der Waals surface area contributed by atoms with Crippen molar-refractivity contribution in [3.63, 3.8) is 0 Å². The number of aromatic nitrogens is 1. The lowest BCUT2D eigenvalue weighted by Gasteiger charge is -2.12. The van der Waals surface area contributed by atoms with Crippen LogP contribution in [-0.4, -0.2) is 24.1 Å². The molecule has 0 aliphatic carbocycles. The van der Waals surface area contributed by atoms with E-state index >= 15 is 0 Å². The second-order valence-electron chi connectivity index (χ2n) is 5.23. The van der Waals surface area contributed by atoms with Gasteiger partial charge in [0.15, 0.2) is 0 Å². The van der Waals surface area contributed by atoms with Crippen LogP contribution in [0.25, 0.3) is 0 Å². The van der Waals surface area contributed by atoms with E-state index in [-0.39, 0.29) is 17.9 Å². The number of carbonyl (C=O) groups is 1. The quantitative estimate of drug-likeness (QED) is 0.699. The maximum absolute atomic E-state index is 12.4. The molecule has 5 nitrogen and oxygen atoms in total. The molecule has 0 radical (unpaired) electrons. The smallest absolute Gasteiger partial charge is 0.387 e. The van der Waals surface area contributed by atoms with Gasteiger partial charge >= 0.3 is 6.61 Å². The van der Waals surface area contributed by atoms with Crippen LogP contribution in [0.4, 0.5) is 8.78 Å². The van der Waals surface area contributed by atoms with E-state index in [9.17, 15) is 13.6 Å². The summed E-state index contributed by atoms with van der Waals surface area (Å²) >= 11 is 0. The van der Waals surface area contributed by atoms with Crippen LogP contribution in [0.3, 0.4) is 0 Å². The van der Waals surface area contributed by atoms with Gasteiger partial charge in [0.25, 0.3) is 5.91 Å². The Labute approximate surface area is 145 Å². The van der Waals surface area contributed by atoms with Gasteiger partial charge in [0.1, 0.15) is 5.75 Å². The third-order valence-corrected chi connectivity index (χ3v) is 3.37. The summed E-state index contributed by atoms with van der Waals surface area (Å²) in [5, 5.41) is 2.68. The summed E-state index contributed by atoms with van der Waals surface area (Å²) in [6.45, 7) is -0.232. The average Bonchev–Trinajstić information content (AvgIpc) is 2.61. The van der Waals surface area contributed by atoms with Crippen molar-refractivity contribution < 1.29 is 23.0 Å². The van der Waals surface area contributed by atoms with E-state index in [0.29, 0.717) is 18.1 Å². The zero-order chi connectivity index (χ0) is 18.1. The first kappa shape index (κ1) is 18.6. The molecule has 2 aromatic rings. The van der Waals surface area contributed by atoms with E-state index in [1.807, 2.05) is 0 Å². The normalized spacial score (nSPS) is 10.6. The summed E-state index contributed by atoms with van der Waals surface area (Å²) in [5.74, 6) is -0.228. The van der Waals surface area contributed by atoms with Crippen LogP contribution in [0, 0.1) is 0 Å². The molecule has 7 heteroatoms. The third kappa shape index (κ3) is 5.70. The fourth-order valence-electron chi connectivity index (χ4n) is 2.13. The zero-order valence-corrected chi connectivity index (χ0v) is 13.9. The number of hydrogen-bond donors (Lipinski definition) is 1. The lowest BCUT2D eigenvalue weighted by molar-refractivity contribution is -0.0501. The molecule has 0 saturated carbocycles. The number of rotatable bonds is 9. The topological polar surface area (TPSA) is 60.5 Å². The molecule has 0 saturated heterocycles. The van der Waals surface area contributed by atoms with Crippen LogP contribution in [0.2, 0.25) is 0 Å². The highest BCUT2D eigenvalue weighted by Gasteiger charge is 2.15. The van der Waals surface area contributed by atoms with Gasteiger partial charge in [-0.25, -0.2) is 4.98 Å². The lowest BCUT2D eigenvalue weighted by Crippen LogP contribution is -2.24. The second-order valence-corrected chi connectivity index (χ2v) is 5.23. The highest BCUT2D eigenvalue weighted by atomic mass is 19.3. The molecule has 0 unspecified atom stereocenters. The Balaban J connectivity index is 2.03. The number of para-hydroxylation sites is 1. The Morgan fingerprint density at radius 1 is 1.24 bits per heavy atom. The summed E-state index contributed by atoms with van der Waals surface area (Å²) in [5.41, 5.74) is 0.749. The largest absolute Gasteiger partial charge is 0.477 e. The number of unbranched alkanes of at least 4 members (excludes halogenated alkanes) is 1. The fourth-order valence-corrected chi connectivity index (χ4v) is 2.13. The molecule has 2 rings (SSSR count).